The van der Waals surface area contributed by atoms with Crippen molar-refractivity contribution in [2.45, 2.75) is 20.4 Å². The van der Waals surface area contributed by atoms with Crippen LogP contribution < -0.4 is 0 Å². The first kappa shape index (κ1) is 16.4. The van der Waals surface area contributed by atoms with Gasteiger partial charge in [0.05, 0.1) is 18.1 Å². The molecule has 0 saturated carbocycles. The second-order valence-corrected chi connectivity index (χ2v) is 6.58. The number of aromatic nitrogens is 6. The van der Waals surface area contributed by atoms with Crippen LogP contribution in [0.1, 0.15) is 12.8 Å². The number of hydrogen-bond acceptors (Lipinski definition) is 5. The number of fused-ring (bicyclic) bond motifs is 1. The summed E-state index contributed by atoms with van der Waals surface area (Å²) in [6, 6.07) is 12.2. The van der Waals surface area contributed by atoms with Crippen LogP contribution in [0, 0.1) is 6.92 Å². The number of benzene rings is 1. The van der Waals surface area contributed by atoms with E-state index in [0.717, 1.165) is 40.1 Å². The van der Waals surface area contributed by atoms with Crippen molar-refractivity contribution in [2.24, 2.45) is 0 Å². The average Bonchev–Trinajstić information content (AvgIpc) is 3.47. The highest BCUT2D eigenvalue weighted by atomic mass is 16.4. The van der Waals surface area contributed by atoms with Gasteiger partial charge < -0.3 is 4.42 Å². The molecule has 28 heavy (non-hydrogen) atoms. The molecule has 4 heterocycles. The summed E-state index contributed by atoms with van der Waals surface area (Å²) in [6.45, 7) is 4.71. The van der Waals surface area contributed by atoms with E-state index in [1.54, 1.807) is 6.92 Å². The third-order valence-electron chi connectivity index (χ3n) is 4.76. The monoisotopic (exact) mass is 370 g/mol. The lowest BCUT2D eigenvalue weighted by Crippen LogP contribution is -1.92. The second kappa shape index (κ2) is 6.45. The van der Waals surface area contributed by atoms with Crippen LogP contribution in [0.3, 0.4) is 0 Å². The summed E-state index contributed by atoms with van der Waals surface area (Å²) in [5.74, 6) is 1.08. The van der Waals surface area contributed by atoms with Gasteiger partial charge in [-0.3, -0.25) is 9.08 Å². The molecule has 7 nitrogen and oxygen atoms in total. The van der Waals surface area contributed by atoms with Crippen LogP contribution in [0.25, 0.3) is 39.5 Å². The Kier molecular flexibility index (Phi) is 3.79. The van der Waals surface area contributed by atoms with Gasteiger partial charge in [0.15, 0.2) is 0 Å². The first-order chi connectivity index (χ1) is 13.7. The van der Waals surface area contributed by atoms with Crippen LogP contribution in [-0.2, 0) is 6.54 Å². The maximum Gasteiger partial charge on any atom is 0.247 e. The van der Waals surface area contributed by atoms with Crippen molar-refractivity contribution < 1.29 is 4.42 Å². The fourth-order valence-corrected chi connectivity index (χ4v) is 3.26. The van der Waals surface area contributed by atoms with Crippen LogP contribution >= 0.6 is 0 Å². The van der Waals surface area contributed by atoms with Gasteiger partial charge in [0.25, 0.3) is 0 Å². The Bertz CT molecular complexity index is 1260. The summed E-state index contributed by atoms with van der Waals surface area (Å²) in [7, 11) is 0. The third-order valence-corrected chi connectivity index (χ3v) is 4.76. The van der Waals surface area contributed by atoms with E-state index in [9.17, 15) is 0 Å². The molecule has 0 amide bonds. The zero-order chi connectivity index (χ0) is 19.1. The molecular weight excluding hydrogens is 352 g/mol. The normalized spacial score (nSPS) is 11.4. The minimum absolute atomic E-state index is 0.527. The number of imidazole rings is 1. The highest BCUT2D eigenvalue weighted by Gasteiger charge is 2.10. The van der Waals surface area contributed by atoms with Crippen LogP contribution in [-0.4, -0.2) is 29.4 Å². The number of nitrogens with zero attached hydrogens (tertiary/aromatic N) is 6. The minimum atomic E-state index is 0.527. The third kappa shape index (κ3) is 2.77. The van der Waals surface area contributed by atoms with Crippen molar-refractivity contribution >= 4 is 5.65 Å². The standard InChI is InChI=1S/C21H18N6O/c1-3-26-13-18(11-23-26)17-8-9-27-19(12-22-20(27)10-17)15-4-6-16(7-5-15)21-25-24-14(2)28-21/h4-13H,3H2,1-2H3. The van der Waals surface area contributed by atoms with Crippen molar-refractivity contribution in [2.75, 3.05) is 0 Å². The molecule has 138 valence electrons. The van der Waals surface area contributed by atoms with Crippen molar-refractivity contribution in [3.05, 3.63) is 67.1 Å². The number of pyridine rings is 1. The van der Waals surface area contributed by atoms with E-state index in [-0.39, 0.29) is 0 Å². The Balaban J connectivity index is 1.49. The van der Waals surface area contributed by atoms with E-state index in [4.69, 9.17) is 4.42 Å². The van der Waals surface area contributed by atoms with E-state index >= 15 is 0 Å². The quantitative estimate of drug-likeness (QED) is 0.473. The number of aryl methyl sites for hydroxylation is 2. The molecule has 0 aliphatic heterocycles. The lowest BCUT2D eigenvalue weighted by Gasteiger charge is -2.04. The van der Waals surface area contributed by atoms with E-state index < -0.39 is 0 Å². The highest BCUT2D eigenvalue weighted by molar-refractivity contribution is 5.71. The molecule has 0 saturated heterocycles. The van der Waals surface area contributed by atoms with Crippen LogP contribution in [0.15, 0.2) is 65.6 Å². The molecule has 0 spiro atoms. The zero-order valence-corrected chi connectivity index (χ0v) is 15.6. The molecule has 5 aromatic rings. The molecule has 1 aromatic carbocycles. The zero-order valence-electron chi connectivity index (χ0n) is 15.6. The van der Waals surface area contributed by atoms with Gasteiger partial charge in [0, 0.05) is 42.6 Å². The lowest BCUT2D eigenvalue weighted by molar-refractivity contribution is 0.533. The van der Waals surface area contributed by atoms with Crippen LogP contribution in [0.4, 0.5) is 0 Å². The van der Waals surface area contributed by atoms with Gasteiger partial charge in [-0.15, -0.1) is 10.2 Å². The Hall–Kier alpha value is -3.74. The molecule has 0 aliphatic rings. The predicted octanol–water partition coefficient (Wildman–Crippen LogP) is 4.24. The van der Waals surface area contributed by atoms with Gasteiger partial charge >= 0.3 is 0 Å². The molecule has 0 fully saturated rings. The largest absolute Gasteiger partial charge is 0.421 e. The first-order valence-electron chi connectivity index (χ1n) is 9.12. The molecule has 0 unspecified atom stereocenters. The number of hydrogen-bond donors (Lipinski definition) is 0. The molecule has 5 rings (SSSR count). The smallest absolute Gasteiger partial charge is 0.247 e. The topological polar surface area (TPSA) is 74.0 Å². The molecular formula is C21H18N6O. The fraction of sp³-hybridized carbons (Fsp3) is 0.143. The van der Waals surface area contributed by atoms with E-state index in [1.807, 2.05) is 53.7 Å². The van der Waals surface area contributed by atoms with E-state index in [0.29, 0.717) is 11.8 Å². The molecule has 0 aliphatic carbocycles. The summed E-state index contributed by atoms with van der Waals surface area (Å²) in [6.07, 6.45) is 7.87. The number of rotatable bonds is 4. The summed E-state index contributed by atoms with van der Waals surface area (Å²) in [5, 5.41) is 12.3. The van der Waals surface area contributed by atoms with Crippen molar-refractivity contribution in [1.82, 2.24) is 29.4 Å². The maximum absolute atomic E-state index is 5.49. The van der Waals surface area contributed by atoms with Gasteiger partial charge in [-0.05, 0) is 36.8 Å². The van der Waals surface area contributed by atoms with Gasteiger partial charge in [0.1, 0.15) is 5.65 Å². The van der Waals surface area contributed by atoms with E-state index in [1.165, 1.54) is 0 Å². The van der Waals surface area contributed by atoms with Crippen molar-refractivity contribution in [3.8, 4) is 33.8 Å². The summed E-state index contributed by atoms with van der Waals surface area (Å²) in [5.41, 5.74) is 6.08. The molecule has 0 N–H and O–H groups in total. The fourth-order valence-electron chi connectivity index (χ4n) is 3.26. The van der Waals surface area contributed by atoms with E-state index in [2.05, 4.69) is 43.7 Å². The van der Waals surface area contributed by atoms with Crippen LogP contribution in [0.2, 0.25) is 0 Å². The minimum Gasteiger partial charge on any atom is -0.421 e. The lowest BCUT2D eigenvalue weighted by atomic mass is 10.1. The van der Waals surface area contributed by atoms with Crippen LogP contribution in [0.5, 0.6) is 0 Å². The molecule has 0 bridgehead atoms. The summed E-state index contributed by atoms with van der Waals surface area (Å²) >= 11 is 0. The van der Waals surface area contributed by atoms with Gasteiger partial charge in [-0.2, -0.15) is 5.10 Å². The molecule has 0 radical (unpaired) electrons. The van der Waals surface area contributed by atoms with Crippen molar-refractivity contribution in [1.29, 1.82) is 0 Å². The SMILES string of the molecule is CCn1cc(-c2ccn3c(-c4ccc(-c5nnc(C)o5)cc4)cnc3c2)cn1. The molecule has 4 aromatic heterocycles. The molecule has 0 atom stereocenters. The average molecular weight is 370 g/mol. The Labute approximate surface area is 161 Å². The molecule has 7 heteroatoms. The summed E-state index contributed by atoms with van der Waals surface area (Å²) < 4.78 is 9.49. The Morgan fingerprint density at radius 3 is 2.46 bits per heavy atom. The van der Waals surface area contributed by atoms with Crippen molar-refractivity contribution in [3.63, 3.8) is 0 Å². The predicted molar refractivity (Wildman–Crippen MR) is 106 cm³/mol. The van der Waals surface area contributed by atoms with Gasteiger partial charge in [-0.25, -0.2) is 4.98 Å². The Morgan fingerprint density at radius 2 is 1.75 bits per heavy atom. The van der Waals surface area contributed by atoms with Gasteiger partial charge in [-0.1, -0.05) is 12.1 Å². The van der Waals surface area contributed by atoms with Gasteiger partial charge in [0.2, 0.25) is 11.8 Å². The maximum atomic E-state index is 5.49. The second-order valence-electron chi connectivity index (χ2n) is 6.58. The highest BCUT2D eigenvalue weighted by Crippen LogP contribution is 2.27. The Morgan fingerprint density at radius 1 is 0.929 bits per heavy atom. The first-order valence-corrected chi connectivity index (χ1v) is 9.12. The summed E-state index contributed by atoms with van der Waals surface area (Å²) in [4.78, 5) is 4.59.